The van der Waals surface area contributed by atoms with Gasteiger partial charge in [0.05, 0.1) is 6.54 Å². The second kappa shape index (κ2) is 5.19. The summed E-state index contributed by atoms with van der Waals surface area (Å²) in [5.74, 6) is 0.959. The topological polar surface area (TPSA) is 43.8 Å². The molecule has 0 aliphatic carbocycles. The van der Waals surface area contributed by atoms with Gasteiger partial charge in [0.15, 0.2) is 0 Å². The van der Waals surface area contributed by atoms with Crippen molar-refractivity contribution in [2.75, 3.05) is 5.73 Å². The van der Waals surface area contributed by atoms with E-state index in [1.807, 2.05) is 36.7 Å². The molecule has 0 atom stereocenters. The Hall–Kier alpha value is -1.59. The van der Waals surface area contributed by atoms with E-state index in [4.69, 9.17) is 5.73 Å². The summed E-state index contributed by atoms with van der Waals surface area (Å²) < 4.78 is 3.29. The van der Waals surface area contributed by atoms with Crippen molar-refractivity contribution in [1.82, 2.24) is 9.55 Å². The molecule has 0 aliphatic heterocycles. The highest BCUT2D eigenvalue weighted by Crippen LogP contribution is 2.26. The van der Waals surface area contributed by atoms with Gasteiger partial charge in [0.2, 0.25) is 0 Å². The predicted molar refractivity (Wildman–Crippen MR) is 83.2 cm³/mol. The molecule has 5 heteroatoms. The van der Waals surface area contributed by atoms with Crippen LogP contribution in [0, 0.1) is 0 Å². The van der Waals surface area contributed by atoms with Gasteiger partial charge in [-0.05, 0) is 51.6 Å². The fraction of sp³-hybridized carbons (Fsp3) is 0.0714. The van der Waals surface area contributed by atoms with Gasteiger partial charge in [0.1, 0.15) is 5.82 Å². The molecule has 0 saturated carbocycles. The Labute approximate surface area is 123 Å². The minimum atomic E-state index is 0.767. The average Bonchev–Trinajstić information content (AvgIpc) is 3.01. The maximum atomic E-state index is 5.72. The third kappa shape index (κ3) is 2.57. The number of nitrogens with two attached hydrogens (primary N) is 1. The van der Waals surface area contributed by atoms with Crippen molar-refractivity contribution in [1.29, 1.82) is 0 Å². The maximum absolute atomic E-state index is 5.72. The number of halogens is 1. The monoisotopic (exact) mass is 333 g/mol. The summed E-state index contributed by atoms with van der Waals surface area (Å²) in [6.45, 7) is 0.817. The van der Waals surface area contributed by atoms with Crippen molar-refractivity contribution in [2.45, 2.75) is 6.54 Å². The van der Waals surface area contributed by atoms with Crippen molar-refractivity contribution < 1.29 is 0 Å². The minimum absolute atomic E-state index is 0.767. The van der Waals surface area contributed by atoms with Crippen LogP contribution < -0.4 is 5.73 Å². The number of benzene rings is 1. The molecule has 0 spiro atoms. The van der Waals surface area contributed by atoms with Crippen LogP contribution in [0.25, 0.3) is 11.4 Å². The minimum Gasteiger partial charge on any atom is -0.399 e. The quantitative estimate of drug-likeness (QED) is 0.736. The molecule has 0 fully saturated rings. The largest absolute Gasteiger partial charge is 0.399 e. The molecule has 3 rings (SSSR count). The smallest absolute Gasteiger partial charge is 0.140 e. The second-order valence-electron chi connectivity index (χ2n) is 4.19. The zero-order chi connectivity index (χ0) is 13.2. The van der Waals surface area contributed by atoms with E-state index < -0.39 is 0 Å². The number of hydrogen-bond acceptors (Lipinski definition) is 3. The first-order valence-corrected chi connectivity index (χ1v) is 7.50. The number of imidazole rings is 1. The molecule has 0 unspecified atom stereocenters. The lowest BCUT2D eigenvalue weighted by molar-refractivity contribution is 0.817. The van der Waals surface area contributed by atoms with Crippen LogP contribution in [0.5, 0.6) is 0 Å². The zero-order valence-corrected chi connectivity index (χ0v) is 12.5. The number of nitrogens with zero attached hydrogens (tertiary/aromatic N) is 2. The number of thiophene rings is 1. The number of nitrogen functional groups attached to an aromatic ring is 1. The molecule has 3 nitrogen and oxygen atoms in total. The molecule has 2 N–H and O–H groups in total. The molecular formula is C14H12BrN3S. The fourth-order valence-electron chi connectivity index (χ4n) is 1.92. The van der Waals surface area contributed by atoms with Gasteiger partial charge in [-0.3, -0.25) is 0 Å². The first kappa shape index (κ1) is 12.4. The van der Waals surface area contributed by atoms with Crippen molar-refractivity contribution in [2.24, 2.45) is 0 Å². The van der Waals surface area contributed by atoms with Crippen LogP contribution in [0.2, 0.25) is 0 Å². The summed E-state index contributed by atoms with van der Waals surface area (Å²) in [6, 6.07) is 9.86. The first-order valence-electron chi connectivity index (χ1n) is 5.83. The summed E-state index contributed by atoms with van der Waals surface area (Å²) in [5.41, 5.74) is 7.56. The van der Waals surface area contributed by atoms with E-state index >= 15 is 0 Å². The molecular weight excluding hydrogens is 322 g/mol. The lowest BCUT2D eigenvalue weighted by Gasteiger charge is -2.07. The Morgan fingerprint density at radius 1 is 1.21 bits per heavy atom. The Morgan fingerprint density at radius 3 is 2.68 bits per heavy atom. The molecule has 1 aromatic carbocycles. The Bertz CT molecular complexity index is 685. The molecule has 0 amide bonds. The third-order valence-electron chi connectivity index (χ3n) is 2.89. The van der Waals surface area contributed by atoms with Gasteiger partial charge in [-0.25, -0.2) is 4.98 Å². The van der Waals surface area contributed by atoms with Crippen LogP contribution >= 0.6 is 27.3 Å². The van der Waals surface area contributed by atoms with Gasteiger partial charge in [0, 0.05) is 33.0 Å². The molecule has 96 valence electrons. The lowest BCUT2D eigenvalue weighted by Crippen LogP contribution is -2.00. The lowest BCUT2D eigenvalue weighted by atomic mass is 10.2. The van der Waals surface area contributed by atoms with Crippen LogP contribution in [0.1, 0.15) is 4.88 Å². The highest BCUT2D eigenvalue weighted by molar-refractivity contribution is 9.10. The maximum Gasteiger partial charge on any atom is 0.140 e. The Morgan fingerprint density at radius 2 is 2.00 bits per heavy atom. The summed E-state index contributed by atoms with van der Waals surface area (Å²) in [7, 11) is 0. The summed E-state index contributed by atoms with van der Waals surface area (Å²) in [4.78, 5) is 5.72. The van der Waals surface area contributed by atoms with Crippen molar-refractivity contribution in [3.8, 4) is 11.4 Å². The van der Waals surface area contributed by atoms with E-state index in [0.717, 1.165) is 28.1 Å². The Balaban J connectivity index is 1.94. The zero-order valence-electron chi connectivity index (χ0n) is 10.1. The molecule has 19 heavy (non-hydrogen) atoms. The van der Waals surface area contributed by atoms with Gasteiger partial charge in [-0.1, -0.05) is 0 Å². The second-order valence-corrected chi connectivity index (χ2v) is 6.05. The van der Waals surface area contributed by atoms with E-state index in [9.17, 15) is 0 Å². The van der Waals surface area contributed by atoms with Gasteiger partial charge in [-0.15, -0.1) is 11.3 Å². The number of hydrogen-bond donors (Lipinski definition) is 1. The van der Waals surface area contributed by atoms with E-state index in [1.54, 1.807) is 11.3 Å². The van der Waals surface area contributed by atoms with Crippen LogP contribution in [-0.2, 0) is 6.54 Å². The number of aromatic nitrogens is 2. The van der Waals surface area contributed by atoms with E-state index in [1.165, 1.54) is 4.88 Å². The Kier molecular flexibility index (Phi) is 3.40. The highest BCUT2D eigenvalue weighted by atomic mass is 79.9. The average molecular weight is 334 g/mol. The van der Waals surface area contributed by atoms with Crippen LogP contribution in [0.4, 0.5) is 5.69 Å². The van der Waals surface area contributed by atoms with Gasteiger partial charge in [-0.2, -0.15) is 0 Å². The van der Waals surface area contributed by atoms with E-state index in [2.05, 4.69) is 36.9 Å². The summed E-state index contributed by atoms with van der Waals surface area (Å²) in [6.07, 6.45) is 3.82. The number of rotatable bonds is 3. The first-order chi connectivity index (χ1) is 9.24. The van der Waals surface area contributed by atoms with Crippen molar-refractivity contribution >= 4 is 33.0 Å². The highest BCUT2D eigenvalue weighted by Gasteiger charge is 2.08. The third-order valence-corrected chi connectivity index (χ3v) is 4.80. The van der Waals surface area contributed by atoms with Crippen molar-refractivity contribution in [3.63, 3.8) is 0 Å². The summed E-state index contributed by atoms with van der Waals surface area (Å²) >= 11 is 5.30. The molecule has 3 aromatic rings. The molecule has 2 aromatic heterocycles. The van der Waals surface area contributed by atoms with Crippen LogP contribution in [0.15, 0.2) is 52.6 Å². The van der Waals surface area contributed by atoms with Crippen molar-refractivity contribution in [3.05, 3.63) is 57.5 Å². The predicted octanol–water partition coefficient (Wildman–Crippen LogP) is 4.00. The normalized spacial score (nSPS) is 10.8. The molecule has 0 saturated heterocycles. The fourth-order valence-corrected chi connectivity index (χ4v) is 3.40. The summed E-state index contributed by atoms with van der Waals surface area (Å²) in [5, 5.41) is 2.08. The van der Waals surface area contributed by atoms with Crippen LogP contribution in [-0.4, -0.2) is 9.55 Å². The molecule has 2 heterocycles. The molecule has 0 aliphatic rings. The van der Waals surface area contributed by atoms with E-state index in [-0.39, 0.29) is 0 Å². The van der Waals surface area contributed by atoms with Gasteiger partial charge in [0.25, 0.3) is 0 Å². The van der Waals surface area contributed by atoms with Gasteiger partial charge < -0.3 is 10.3 Å². The van der Waals surface area contributed by atoms with E-state index in [0.29, 0.717) is 0 Å². The number of anilines is 1. The standard InChI is InChI=1S/C14H12BrN3S/c15-12-5-8-19-13(12)9-18-7-6-17-14(18)10-1-3-11(16)4-2-10/h1-8H,9,16H2. The molecule has 0 radical (unpaired) electrons. The SMILES string of the molecule is Nc1ccc(-c2nccn2Cc2sccc2Br)cc1. The van der Waals surface area contributed by atoms with Crippen LogP contribution in [0.3, 0.4) is 0 Å². The van der Waals surface area contributed by atoms with Gasteiger partial charge >= 0.3 is 0 Å². The molecule has 0 bridgehead atoms.